The molecule has 0 spiro atoms. The van der Waals surface area contributed by atoms with Crippen molar-refractivity contribution in [2.24, 2.45) is 0 Å². The second-order valence-corrected chi connectivity index (χ2v) is 3.08. The van der Waals surface area contributed by atoms with E-state index in [4.69, 9.17) is 9.47 Å². The van der Waals surface area contributed by atoms with Gasteiger partial charge in [0.2, 0.25) is 5.91 Å². The van der Waals surface area contributed by atoms with Crippen LogP contribution in [0.5, 0.6) is 0 Å². The SMILES string of the molecule is C=CC(=O)NC(COC(=O)C=C)COC(=O)C=C. The predicted octanol–water partition coefficient (Wildman–Crippen LogP) is 0.116. The first-order valence-corrected chi connectivity index (χ1v) is 5.04. The molecule has 0 saturated heterocycles. The first kappa shape index (κ1) is 15.6. The lowest BCUT2D eigenvalue weighted by molar-refractivity contribution is -0.142. The van der Waals surface area contributed by atoms with Crippen LogP contribution in [0.1, 0.15) is 0 Å². The Hall–Kier alpha value is -2.37. The van der Waals surface area contributed by atoms with Crippen LogP contribution in [0.2, 0.25) is 0 Å². The van der Waals surface area contributed by atoms with Gasteiger partial charge in [0.1, 0.15) is 13.2 Å². The van der Waals surface area contributed by atoms with Crippen molar-refractivity contribution >= 4 is 17.8 Å². The molecule has 1 amide bonds. The molecule has 0 fully saturated rings. The fraction of sp³-hybridized carbons (Fsp3) is 0.250. The topological polar surface area (TPSA) is 81.7 Å². The second kappa shape index (κ2) is 8.74. The summed E-state index contributed by atoms with van der Waals surface area (Å²) in [6, 6.07) is -0.664. The standard InChI is InChI=1S/C12H15NO5/c1-4-10(14)13-9(7-17-11(15)5-2)8-18-12(16)6-3/h4-6,9H,1-3,7-8H2,(H,13,14). The van der Waals surface area contributed by atoms with Crippen LogP contribution in [0.4, 0.5) is 0 Å². The van der Waals surface area contributed by atoms with Crippen molar-refractivity contribution in [3.8, 4) is 0 Å². The molecule has 0 aliphatic heterocycles. The van der Waals surface area contributed by atoms with Crippen LogP contribution >= 0.6 is 0 Å². The van der Waals surface area contributed by atoms with Crippen molar-refractivity contribution in [2.75, 3.05) is 13.2 Å². The molecule has 98 valence electrons. The molecular weight excluding hydrogens is 238 g/mol. The average molecular weight is 253 g/mol. The van der Waals surface area contributed by atoms with Crippen LogP contribution in [0.3, 0.4) is 0 Å². The van der Waals surface area contributed by atoms with Gasteiger partial charge in [-0.3, -0.25) is 4.79 Å². The summed E-state index contributed by atoms with van der Waals surface area (Å²) in [5, 5.41) is 2.45. The Morgan fingerprint density at radius 1 is 0.944 bits per heavy atom. The molecule has 1 N–H and O–H groups in total. The lowest BCUT2D eigenvalue weighted by atomic mass is 10.3. The van der Waals surface area contributed by atoms with Crippen molar-refractivity contribution in [3.05, 3.63) is 38.0 Å². The van der Waals surface area contributed by atoms with Crippen LogP contribution in [0.25, 0.3) is 0 Å². The van der Waals surface area contributed by atoms with Gasteiger partial charge in [-0.2, -0.15) is 0 Å². The first-order chi connectivity index (χ1) is 8.53. The lowest BCUT2D eigenvalue weighted by Gasteiger charge is -2.17. The largest absolute Gasteiger partial charge is 0.460 e. The number of amides is 1. The molecule has 0 aliphatic carbocycles. The van der Waals surface area contributed by atoms with Gasteiger partial charge in [0, 0.05) is 12.2 Å². The smallest absolute Gasteiger partial charge is 0.330 e. The molecule has 18 heavy (non-hydrogen) atoms. The molecular formula is C12H15NO5. The van der Waals surface area contributed by atoms with Gasteiger partial charge in [0.25, 0.3) is 0 Å². The van der Waals surface area contributed by atoms with E-state index in [2.05, 4.69) is 25.1 Å². The van der Waals surface area contributed by atoms with Gasteiger partial charge in [-0.1, -0.05) is 19.7 Å². The molecule has 0 unspecified atom stereocenters. The van der Waals surface area contributed by atoms with Crippen LogP contribution < -0.4 is 5.32 Å². The normalized spacial score (nSPS) is 9.17. The zero-order valence-electron chi connectivity index (χ0n) is 9.89. The van der Waals surface area contributed by atoms with E-state index in [0.29, 0.717) is 0 Å². The molecule has 6 heteroatoms. The lowest BCUT2D eigenvalue weighted by Crippen LogP contribution is -2.41. The van der Waals surface area contributed by atoms with Gasteiger partial charge in [0.05, 0.1) is 6.04 Å². The Balaban J connectivity index is 4.31. The monoisotopic (exact) mass is 253 g/mol. The fourth-order valence-electron chi connectivity index (χ4n) is 0.875. The van der Waals surface area contributed by atoms with E-state index in [9.17, 15) is 14.4 Å². The quantitative estimate of drug-likeness (QED) is 0.490. The van der Waals surface area contributed by atoms with E-state index in [1.54, 1.807) is 0 Å². The Bertz CT molecular complexity index is 337. The summed E-state index contributed by atoms with van der Waals surface area (Å²) in [7, 11) is 0. The highest BCUT2D eigenvalue weighted by molar-refractivity contribution is 5.87. The van der Waals surface area contributed by atoms with E-state index >= 15 is 0 Å². The van der Waals surface area contributed by atoms with E-state index in [1.807, 2.05) is 0 Å². The molecule has 0 heterocycles. The van der Waals surface area contributed by atoms with Crippen LogP contribution in [-0.4, -0.2) is 37.1 Å². The zero-order valence-corrected chi connectivity index (χ0v) is 9.89. The predicted molar refractivity (Wildman–Crippen MR) is 64.4 cm³/mol. The molecule has 0 atom stereocenters. The number of hydrogen-bond acceptors (Lipinski definition) is 5. The third kappa shape index (κ3) is 7.00. The highest BCUT2D eigenvalue weighted by Crippen LogP contribution is 1.92. The van der Waals surface area contributed by atoms with Crippen molar-refractivity contribution in [2.45, 2.75) is 6.04 Å². The summed E-state index contributed by atoms with van der Waals surface area (Å²) in [5.74, 6) is -1.74. The second-order valence-electron chi connectivity index (χ2n) is 3.08. The first-order valence-electron chi connectivity index (χ1n) is 5.04. The summed E-state index contributed by atoms with van der Waals surface area (Å²) < 4.78 is 9.48. The van der Waals surface area contributed by atoms with Gasteiger partial charge in [-0.05, 0) is 6.08 Å². The summed E-state index contributed by atoms with van der Waals surface area (Å²) in [4.78, 5) is 32.8. The molecule has 0 saturated carbocycles. The Morgan fingerprint density at radius 2 is 1.39 bits per heavy atom. The maximum atomic E-state index is 11.1. The molecule has 0 aromatic heterocycles. The van der Waals surface area contributed by atoms with Crippen molar-refractivity contribution in [3.63, 3.8) is 0 Å². The maximum absolute atomic E-state index is 11.1. The molecule has 0 radical (unpaired) electrons. The Kier molecular flexibility index (Phi) is 7.59. The summed E-state index contributed by atoms with van der Waals surface area (Å²) in [6.45, 7) is 9.44. The van der Waals surface area contributed by atoms with Crippen molar-refractivity contribution in [1.82, 2.24) is 5.32 Å². The number of esters is 2. The van der Waals surface area contributed by atoms with E-state index < -0.39 is 23.9 Å². The van der Waals surface area contributed by atoms with Crippen molar-refractivity contribution in [1.29, 1.82) is 0 Å². The summed E-state index contributed by atoms with van der Waals surface area (Å²) in [5.41, 5.74) is 0. The van der Waals surface area contributed by atoms with E-state index in [1.165, 1.54) is 0 Å². The minimum Gasteiger partial charge on any atom is -0.460 e. The molecule has 0 aromatic carbocycles. The van der Waals surface area contributed by atoms with Crippen LogP contribution in [0, 0.1) is 0 Å². The van der Waals surface area contributed by atoms with Gasteiger partial charge in [-0.15, -0.1) is 0 Å². The van der Waals surface area contributed by atoms with Crippen molar-refractivity contribution < 1.29 is 23.9 Å². The molecule has 6 nitrogen and oxygen atoms in total. The average Bonchev–Trinajstić information content (AvgIpc) is 2.40. The van der Waals surface area contributed by atoms with E-state index in [-0.39, 0.29) is 13.2 Å². The number of carbonyl (C=O) groups is 3. The fourth-order valence-corrected chi connectivity index (χ4v) is 0.875. The number of ether oxygens (including phenoxy) is 2. The van der Waals surface area contributed by atoms with Gasteiger partial charge >= 0.3 is 11.9 Å². The Labute approximate surface area is 105 Å². The third-order valence-corrected chi connectivity index (χ3v) is 1.72. The minimum atomic E-state index is -0.664. The molecule has 0 rings (SSSR count). The summed E-state index contributed by atoms with van der Waals surface area (Å²) >= 11 is 0. The van der Waals surface area contributed by atoms with Crippen LogP contribution in [0.15, 0.2) is 38.0 Å². The molecule has 0 bridgehead atoms. The number of rotatable bonds is 8. The van der Waals surface area contributed by atoms with Gasteiger partial charge in [0.15, 0.2) is 0 Å². The number of carbonyl (C=O) groups excluding carboxylic acids is 3. The number of nitrogens with one attached hydrogen (secondary N) is 1. The molecule has 0 aliphatic rings. The summed E-state index contributed by atoms with van der Waals surface area (Å²) in [6.07, 6.45) is 3.03. The zero-order chi connectivity index (χ0) is 14.0. The Morgan fingerprint density at radius 3 is 1.72 bits per heavy atom. The molecule has 0 aromatic rings. The minimum absolute atomic E-state index is 0.144. The maximum Gasteiger partial charge on any atom is 0.330 e. The van der Waals surface area contributed by atoms with Gasteiger partial charge < -0.3 is 14.8 Å². The third-order valence-electron chi connectivity index (χ3n) is 1.72. The highest BCUT2D eigenvalue weighted by Gasteiger charge is 2.14. The highest BCUT2D eigenvalue weighted by atomic mass is 16.5. The van der Waals surface area contributed by atoms with Gasteiger partial charge in [-0.25, -0.2) is 9.59 Å². The van der Waals surface area contributed by atoms with E-state index in [0.717, 1.165) is 18.2 Å². The number of hydrogen-bond donors (Lipinski definition) is 1. The van der Waals surface area contributed by atoms with Crippen LogP contribution in [-0.2, 0) is 23.9 Å².